The van der Waals surface area contributed by atoms with Crippen molar-refractivity contribution in [2.45, 2.75) is 321 Å². The van der Waals surface area contributed by atoms with Crippen LogP contribution in [0, 0.1) is 0 Å². The smallest absolute Gasteiger partial charge is 0.305 e. The molecule has 0 spiro atoms. The molecule has 6 heteroatoms. The third kappa shape index (κ3) is 49.8. The van der Waals surface area contributed by atoms with Crippen molar-refractivity contribution in [2.75, 3.05) is 13.2 Å². The molecule has 64 heavy (non-hydrogen) atoms. The number of unbranched alkanes of at least 4 members (excludes halogenated alkanes) is 40. The molecule has 0 radical (unpaired) electrons. The molecule has 0 fully saturated rings. The zero-order chi connectivity index (χ0) is 46.5. The lowest BCUT2D eigenvalue weighted by Crippen LogP contribution is -2.45. The molecule has 0 aliphatic heterocycles. The van der Waals surface area contributed by atoms with Gasteiger partial charge in [-0.05, 0) is 57.8 Å². The number of ether oxygens (including phenoxy) is 1. The molecule has 0 saturated heterocycles. The van der Waals surface area contributed by atoms with Crippen LogP contribution in [0.4, 0.5) is 0 Å². The zero-order valence-electron chi connectivity index (χ0n) is 43.0. The van der Waals surface area contributed by atoms with E-state index >= 15 is 0 Å². The standard InChI is InChI=1S/C58H111NO5/c1-3-5-7-9-11-13-15-17-18-19-20-21-22-23-24-25-26-27-28-30-31-34-38-42-46-50-56(61)55(54-60)59-57(62)51-47-43-39-35-33-37-41-45-49-53-64-58(63)52-48-44-40-36-32-29-16-14-12-10-8-6-4-2/h14,16,46,50,55-56,60-61H,3-13,15,17-45,47-49,51-54H2,1-2H3,(H,59,62)/b16-14-,50-46+. The fourth-order valence-corrected chi connectivity index (χ4v) is 8.81. The van der Waals surface area contributed by atoms with E-state index in [2.05, 4.69) is 31.3 Å². The van der Waals surface area contributed by atoms with E-state index in [-0.39, 0.29) is 18.5 Å². The van der Waals surface area contributed by atoms with E-state index in [1.165, 1.54) is 225 Å². The van der Waals surface area contributed by atoms with Crippen LogP contribution in [-0.4, -0.2) is 47.4 Å². The number of esters is 1. The van der Waals surface area contributed by atoms with Crippen molar-refractivity contribution in [1.29, 1.82) is 0 Å². The second kappa shape index (κ2) is 54.0. The van der Waals surface area contributed by atoms with Crippen molar-refractivity contribution < 1.29 is 24.5 Å². The number of carbonyl (C=O) groups is 2. The van der Waals surface area contributed by atoms with Crippen LogP contribution in [-0.2, 0) is 14.3 Å². The number of hydrogen-bond donors (Lipinski definition) is 3. The third-order valence-corrected chi connectivity index (χ3v) is 13.2. The Morgan fingerprint density at radius 2 is 0.734 bits per heavy atom. The molecule has 0 aromatic rings. The van der Waals surface area contributed by atoms with Crippen LogP contribution < -0.4 is 5.32 Å². The van der Waals surface area contributed by atoms with Gasteiger partial charge in [0.2, 0.25) is 5.91 Å². The highest BCUT2D eigenvalue weighted by molar-refractivity contribution is 5.76. The average molecular weight is 903 g/mol. The van der Waals surface area contributed by atoms with Gasteiger partial charge in [-0.2, -0.15) is 0 Å². The van der Waals surface area contributed by atoms with Gasteiger partial charge in [-0.25, -0.2) is 0 Å². The highest BCUT2D eigenvalue weighted by atomic mass is 16.5. The predicted octanol–water partition coefficient (Wildman–Crippen LogP) is 17.5. The van der Waals surface area contributed by atoms with Gasteiger partial charge in [0.05, 0.1) is 25.4 Å². The van der Waals surface area contributed by atoms with Crippen molar-refractivity contribution in [2.24, 2.45) is 0 Å². The number of amides is 1. The number of aliphatic hydroxyl groups is 2. The maximum atomic E-state index is 12.5. The summed E-state index contributed by atoms with van der Waals surface area (Å²) in [6.45, 7) is 4.84. The molecule has 0 saturated carbocycles. The Bertz CT molecular complexity index is 997. The van der Waals surface area contributed by atoms with Gasteiger partial charge in [-0.3, -0.25) is 9.59 Å². The minimum absolute atomic E-state index is 0.0358. The van der Waals surface area contributed by atoms with E-state index in [9.17, 15) is 19.8 Å². The Labute approximate surface area is 399 Å². The fourth-order valence-electron chi connectivity index (χ4n) is 8.81. The van der Waals surface area contributed by atoms with Crippen molar-refractivity contribution in [3.8, 4) is 0 Å². The molecule has 3 N–H and O–H groups in total. The molecular formula is C58H111NO5. The molecule has 6 nitrogen and oxygen atoms in total. The van der Waals surface area contributed by atoms with Gasteiger partial charge < -0.3 is 20.3 Å². The van der Waals surface area contributed by atoms with Crippen molar-refractivity contribution in [1.82, 2.24) is 5.32 Å². The minimum Gasteiger partial charge on any atom is -0.466 e. The molecule has 0 rings (SSSR count). The molecule has 0 aromatic carbocycles. The lowest BCUT2D eigenvalue weighted by Gasteiger charge is -2.20. The lowest BCUT2D eigenvalue weighted by atomic mass is 10.0. The van der Waals surface area contributed by atoms with E-state index < -0.39 is 12.1 Å². The number of nitrogens with one attached hydrogen (secondary N) is 1. The van der Waals surface area contributed by atoms with Crippen molar-refractivity contribution >= 4 is 11.9 Å². The van der Waals surface area contributed by atoms with Crippen molar-refractivity contribution in [3.63, 3.8) is 0 Å². The summed E-state index contributed by atoms with van der Waals surface area (Å²) >= 11 is 0. The fraction of sp³-hybridized carbons (Fsp3) is 0.897. The third-order valence-electron chi connectivity index (χ3n) is 13.2. The predicted molar refractivity (Wildman–Crippen MR) is 278 cm³/mol. The van der Waals surface area contributed by atoms with Crippen LogP contribution in [0.2, 0.25) is 0 Å². The maximum Gasteiger partial charge on any atom is 0.305 e. The van der Waals surface area contributed by atoms with E-state index in [1.807, 2.05) is 6.08 Å². The zero-order valence-corrected chi connectivity index (χ0v) is 43.0. The molecule has 378 valence electrons. The average Bonchev–Trinajstić information content (AvgIpc) is 3.29. The van der Waals surface area contributed by atoms with Gasteiger partial charge in [-0.15, -0.1) is 0 Å². The summed E-state index contributed by atoms with van der Waals surface area (Å²) in [5.41, 5.74) is 0. The molecule has 0 bridgehead atoms. The molecule has 2 atom stereocenters. The summed E-state index contributed by atoms with van der Waals surface area (Å²) in [4.78, 5) is 24.5. The molecule has 0 heterocycles. The first-order chi connectivity index (χ1) is 31.5. The van der Waals surface area contributed by atoms with E-state index in [4.69, 9.17) is 4.74 Å². The van der Waals surface area contributed by atoms with E-state index in [0.29, 0.717) is 19.4 Å². The largest absolute Gasteiger partial charge is 0.466 e. The molecule has 0 aliphatic rings. The second-order valence-corrected chi connectivity index (χ2v) is 19.6. The van der Waals surface area contributed by atoms with Gasteiger partial charge in [-0.1, -0.05) is 263 Å². The number of rotatable bonds is 53. The highest BCUT2D eigenvalue weighted by Crippen LogP contribution is 2.17. The summed E-state index contributed by atoms with van der Waals surface area (Å²) in [5.74, 6) is -0.129. The topological polar surface area (TPSA) is 95.9 Å². The van der Waals surface area contributed by atoms with Crippen LogP contribution >= 0.6 is 0 Å². The molecule has 1 amide bonds. The summed E-state index contributed by atoms with van der Waals surface area (Å²) in [5, 5.41) is 23.2. The minimum atomic E-state index is -0.863. The first kappa shape index (κ1) is 62.3. The van der Waals surface area contributed by atoms with Gasteiger partial charge in [0.25, 0.3) is 0 Å². The van der Waals surface area contributed by atoms with Crippen molar-refractivity contribution in [3.05, 3.63) is 24.3 Å². The summed E-state index contributed by atoms with van der Waals surface area (Å²) < 4.78 is 5.44. The van der Waals surface area contributed by atoms with Crippen LogP contribution in [0.1, 0.15) is 309 Å². The molecule has 2 unspecified atom stereocenters. The van der Waals surface area contributed by atoms with Crippen LogP contribution in [0.15, 0.2) is 24.3 Å². The summed E-state index contributed by atoms with van der Waals surface area (Å²) in [7, 11) is 0. The number of allylic oxidation sites excluding steroid dienone is 3. The number of aliphatic hydroxyl groups excluding tert-OH is 2. The highest BCUT2D eigenvalue weighted by Gasteiger charge is 2.18. The summed E-state index contributed by atoms with van der Waals surface area (Å²) in [6.07, 6.45) is 64.8. The van der Waals surface area contributed by atoms with E-state index in [0.717, 1.165) is 57.8 Å². The monoisotopic (exact) mass is 902 g/mol. The molecule has 0 aromatic heterocycles. The SMILES string of the molecule is CCCCCC/C=C\CCCCCCCC(=O)OCCCCCCCCCCCC(=O)NC(CO)C(O)/C=C/CCCCCCCCCCCCCCCCCCCCCCCCC. The van der Waals surface area contributed by atoms with Crippen LogP contribution in [0.5, 0.6) is 0 Å². The normalized spacial score (nSPS) is 12.8. The number of hydrogen-bond acceptors (Lipinski definition) is 5. The first-order valence-corrected chi connectivity index (χ1v) is 28.6. The Kier molecular flexibility index (Phi) is 52.6. The van der Waals surface area contributed by atoms with Gasteiger partial charge in [0, 0.05) is 12.8 Å². The van der Waals surface area contributed by atoms with Gasteiger partial charge >= 0.3 is 5.97 Å². The second-order valence-electron chi connectivity index (χ2n) is 19.6. The first-order valence-electron chi connectivity index (χ1n) is 28.6. The Morgan fingerprint density at radius 1 is 0.422 bits per heavy atom. The Morgan fingerprint density at radius 3 is 1.12 bits per heavy atom. The van der Waals surface area contributed by atoms with Crippen LogP contribution in [0.25, 0.3) is 0 Å². The maximum absolute atomic E-state index is 12.5. The van der Waals surface area contributed by atoms with E-state index in [1.54, 1.807) is 6.08 Å². The van der Waals surface area contributed by atoms with Gasteiger partial charge in [0.1, 0.15) is 0 Å². The molecule has 0 aliphatic carbocycles. The molecular weight excluding hydrogens is 791 g/mol. The Hall–Kier alpha value is -1.66. The lowest BCUT2D eigenvalue weighted by molar-refractivity contribution is -0.143. The number of carbonyl (C=O) groups excluding carboxylic acids is 2. The van der Waals surface area contributed by atoms with Crippen LogP contribution in [0.3, 0.4) is 0 Å². The Balaban J connectivity index is 3.51. The quantitative estimate of drug-likeness (QED) is 0.0321. The summed E-state index contributed by atoms with van der Waals surface area (Å²) in [6, 6.07) is -0.649. The van der Waals surface area contributed by atoms with Gasteiger partial charge in [0.15, 0.2) is 0 Å².